The Morgan fingerprint density at radius 3 is 2.87 bits per heavy atom. The van der Waals surface area contributed by atoms with Crippen LogP contribution < -0.4 is 0 Å². The van der Waals surface area contributed by atoms with Crippen LogP contribution in [0.15, 0.2) is 15.1 Å². The fourth-order valence-corrected chi connectivity index (χ4v) is 3.21. The van der Waals surface area contributed by atoms with E-state index in [0.29, 0.717) is 12.0 Å². The highest BCUT2D eigenvalue weighted by Gasteiger charge is 2.31. The van der Waals surface area contributed by atoms with E-state index in [1.807, 2.05) is 13.0 Å². The standard InChI is InChI=1S/C16H23N5O2/c1-11-7-14(22-18-11)9-21-6-5-13(8-21)20(2)10-15-17-16(23-19-15)12-3-4-12/h7,12-13H,3-6,8-10H2,1-2H3/t13-/m1/s1. The minimum absolute atomic E-state index is 0.516. The molecule has 23 heavy (non-hydrogen) atoms. The number of nitrogens with zero attached hydrogens (tertiary/aromatic N) is 5. The molecule has 1 aliphatic carbocycles. The van der Waals surface area contributed by atoms with Crippen molar-refractivity contribution in [2.75, 3.05) is 20.1 Å². The number of likely N-dealkylation sites (tertiary alicyclic amines) is 1. The van der Waals surface area contributed by atoms with Crippen LogP contribution >= 0.6 is 0 Å². The van der Waals surface area contributed by atoms with Gasteiger partial charge in [-0.3, -0.25) is 9.80 Å². The quantitative estimate of drug-likeness (QED) is 0.806. The molecule has 1 saturated carbocycles. The van der Waals surface area contributed by atoms with E-state index in [1.54, 1.807) is 0 Å². The van der Waals surface area contributed by atoms with Gasteiger partial charge < -0.3 is 9.05 Å². The molecule has 0 unspecified atom stereocenters. The maximum absolute atomic E-state index is 5.34. The van der Waals surface area contributed by atoms with Crippen molar-refractivity contribution in [2.24, 2.45) is 0 Å². The number of aromatic nitrogens is 3. The largest absolute Gasteiger partial charge is 0.360 e. The van der Waals surface area contributed by atoms with E-state index in [0.717, 1.165) is 55.8 Å². The van der Waals surface area contributed by atoms with Crippen LogP contribution in [0.2, 0.25) is 0 Å². The van der Waals surface area contributed by atoms with E-state index >= 15 is 0 Å². The van der Waals surface area contributed by atoms with Crippen molar-refractivity contribution < 1.29 is 9.05 Å². The minimum Gasteiger partial charge on any atom is -0.360 e. The summed E-state index contributed by atoms with van der Waals surface area (Å²) in [6.45, 7) is 5.64. The van der Waals surface area contributed by atoms with Crippen LogP contribution in [0, 0.1) is 6.92 Å². The third kappa shape index (κ3) is 3.45. The molecular weight excluding hydrogens is 294 g/mol. The third-order valence-corrected chi connectivity index (χ3v) is 4.73. The molecule has 124 valence electrons. The SMILES string of the molecule is Cc1cc(CN2CC[C@@H](N(C)Cc3noc(C4CC4)n3)C2)on1. The lowest BCUT2D eigenvalue weighted by molar-refractivity contribution is 0.208. The molecule has 0 amide bonds. The molecule has 0 radical (unpaired) electrons. The van der Waals surface area contributed by atoms with E-state index < -0.39 is 0 Å². The Kier molecular flexibility index (Phi) is 3.90. The van der Waals surface area contributed by atoms with Gasteiger partial charge in [-0.05, 0) is 33.2 Å². The molecule has 2 aromatic rings. The van der Waals surface area contributed by atoms with E-state index in [4.69, 9.17) is 9.05 Å². The van der Waals surface area contributed by atoms with Gasteiger partial charge in [-0.15, -0.1) is 0 Å². The Balaban J connectivity index is 1.29. The molecule has 0 aromatic carbocycles. The molecule has 1 atom stereocenters. The lowest BCUT2D eigenvalue weighted by Gasteiger charge is -2.23. The second kappa shape index (κ2) is 6.05. The average Bonchev–Trinajstić information content (AvgIpc) is 2.93. The first-order chi connectivity index (χ1) is 11.2. The summed E-state index contributed by atoms with van der Waals surface area (Å²) in [6, 6.07) is 2.53. The van der Waals surface area contributed by atoms with Crippen LogP contribution in [0.25, 0.3) is 0 Å². The lowest BCUT2D eigenvalue weighted by Crippen LogP contribution is -2.34. The fraction of sp³-hybridized carbons (Fsp3) is 0.688. The van der Waals surface area contributed by atoms with Gasteiger partial charge in [0, 0.05) is 31.1 Å². The van der Waals surface area contributed by atoms with Crippen molar-refractivity contribution in [2.45, 2.75) is 51.2 Å². The summed E-state index contributed by atoms with van der Waals surface area (Å²) in [5.41, 5.74) is 0.941. The summed E-state index contributed by atoms with van der Waals surface area (Å²) in [7, 11) is 2.14. The van der Waals surface area contributed by atoms with E-state index in [1.165, 1.54) is 12.8 Å². The fourth-order valence-electron chi connectivity index (χ4n) is 3.21. The van der Waals surface area contributed by atoms with Crippen LogP contribution in [-0.4, -0.2) is 51.3 Å². The van der Waals surface area contributed by atoms with Crippen LogP contribution in [0.4, 0.5) is 0 Å². The summed E-state index contributed by atoms with van der Waals surface area (Å²) >= 11 is 0. The molecule has 2 aliphatic rings. The maximum atomic E-state index is 5.34. The van der Waals surface area contributed by atoms with Crippen molar-refractivity contribution in [3.8, 4) is 0 Å². The van der Waals surface area contributed by atoms with Crippen molar-refractivity contribution in [3.05, 3.63) is 29.2 Å². The van der Waals surface area contributed by atoms with Crippen LogP contribution in [-0.2, 0) is 13.1 Å². The number of likely N-dealkylation sites (N-methyl/N-ethyl adjacent to an activating group) is 1. The summed E-state index contributed by atoms with van der Waals surface area (Å²) < 4.78 is 10.6. The van der Waals surface area contributed by atoms with Gasteiger partial charge in [-0.2, -0.15) is 4.98 Å². The molecule has 7 nitrogen and oxygen atoms in total. The van der Waals surface area contributed by atoms with Crippen molar-refractivity contribution in [3.63, 3.8) is 0 Å². The Morgan fingerprint density at radius 2 is 2.13 bits per heavy atom. The molecule has 2 fully saturated rings. The molecule has 0 bridgehead atoms. The van der Waals surface area contributed by atoms with Crippen molar-refractivity contribution >= 4 is 0 Å². The number of hydrogen-bond donors (Lipinski definition) is 0. The van der Waals surface area contributed by atoms with Crippen molar-refractivity contribution in [1.29, 1.82) is 0 Å². The normalized spacial score (nSPS) is 22.3. The molecule has 1 aliphatic heterocycles. The van der Waals surface area contributed by atoms with Gasteiger partial charge in [0.2, 0.25) is 5.89 Å². The zero-order chi connectivity index (χ0) is 15.8. The summed E-state index contributed by atoms with van der Waals surface area (Å²) in [4.78, 5) is 9.25. The predicted octanol–water partition coefficient (Wildman–Crippen LogP) is 1.95. The number of aryl methyl sites for hydroxylation is 1. The predicted molar refractivity (Wildman–Crippen MR) is 82.7 cm³/mol. The lowest BCUT2D eigenvalue weighted by atomic mass is 10.2. The topological polar surface area (TPSA) is 71.4 Å². The minimum atomic E-state index is 0.516. The van der Waals surface area contributed by atoms with Gasteiger partial charge in [-0.25, -0.2) is 0 Å². The summed E-state index contributed by atoms with van der Waals surface area (Å²) in [5.74, 6) is 3.09. The molecule has 0 spiro atoms. The van der Waals surface area contributed by atoms with E-state index in [9.17, 15) is 0 Å². The zero-order valence-corrected chi connectivity index (χ0v) is 13.7. The molecule has 2 aromatic heterocycles. The third-order valence-electron chi connectivity index (χ3n) is 4.73. The highest BCUT2D eigenvalue weighted by molar-refractivity contribution is 5.04. The first kappa shape index (κ1) is 14.8. The maximum Gasteiger partial charge on any atom is 0.229 e. The van der Waals surface area contributed by atoms with Gasteiger partial charge >= 0.3 is 0 Å². The molecule has 3 heterocycles. The van der Waals surface area contributed by atoms with Gasteiger partial charge in [0.15, 0.2) is 11.6 Å². The van der Waals surface area contributed by atoms with E-state index in [2.05, 4.69) is 32.1 Å². The number of rotatable bonds is 6. The van der Waals surface area contributed by atoms with E-state index in [-0.39, 0.29) is 0 Å². The Hall–Kier alpha value is -1.73. The van der Waals surface area contributed by atoms with Crippen molar-refractivity contribution in [1.82, 2.24) is 25.1 Å². The first-order valence-electron chi connectivity index (χ1n) is 8.34. The smallest absolute Gasteiger partial charge is 0.229 e. The molecule has 1 saturated heterocycles. The van der Waals surface area contributed by atoms with Crippen LogP contribution in [0.1, 0.15) is 48.3 Å². The molecule has 4 rings (SSSR count). The molecule has 7 heteroatoms. The highest BCUT2D eigenvalue weighted by atomic mass is 16.5. The number of hydrogen-bond acceptors (Lipinski definition) is 7. The molecular formula is C16H23N5O2. The second-order valence-corrected chi connectivity index (χ2v) is 6.85. The van der Waals surface area contributed by atoms with Gasteiger partial charge in [-0.1, -0.05) is 10.3 Å². The molecule has 0 N–H and O–H groups in total. The Bertz CT molecular complexity index is 663. The second-order valence-electron chi connectivity index (χ2n) is 6.85. The Labute approximate surface area is 135 Å². The highest BCUT2D eigenvalue weighted by Crippen LogP contribution is 2.38. The summed E-state index contributed by atoms with van der Waals surface area (Å²) in [5, 5.41) is 8.06. The van der Waals surface area contributed by atoms with Gasteiger partial charge in [0.1, 0.15) is 0 Å². The zero-order valence-electron chi connectivity index (χ0n) is 13.7. The average molecular weight is 317 g/mol. The Morgan fingerprint density at radius 1 is 1.26 bits per heavy atom. The first-order valence-corrected chi connectivity index (χ1v) is 8.34. The van der Waals surface area contributed by atoms with Gasteiger partial charge in [0.25, 0.3) is 0 Å². The summed E-state index contributed by atoms with van der Waals surface area (Å²) in [6.07, 6.45) is 3.53. The van der Waals surface area contributed by atoms with Crippen LogP contribution in [0.3, 0.4) is 0 Å². The van der Waals surface area contributed by atoms with Gasteiger partial charge in [0.05, 0.1) is 18.8 Å². The monoisotopic (exact) mass is 317 g/mol. The van der Waals surface area contributed by atoms with Crippen LogP contribution in [0.5, 0.6) is 0 Å².